The molecule has 18 heavy (non-hydrogen) atoms. The van der Waals surface area contributed by atoms with Crippen molar-refractivity contribution in [2.24, 2.45) is 0 Å². The molecule has 0 aliphatic carbocycles. The number of piperazine rings is 1. The topological polar surface area (TPSA) is 52.6 Å². The molecule has 5 heteroatoms. The number of rotatable bonds is 2. The number of anilines is 1. The van der Waals surface area contributed by atoms with Gasteiger partial charge in [-0.05, 0) is 26.0 Å². The van der Waals surface area contributed by atoms with Crippen molar-refractivity contribution < 1.29 is 14.3 Å². The minimum Gasteiger partial charge on any atom is -0.389 e. The highest BCUT2D eigenvalue weighted by molar-refractivity contribution is 5.86. The summed E-state index contributed by atoms with van der Waals surface area (Å²) in [6, 6.07) is 4.29. The van der Waals surface area contributed by atoms with Crippen molar-refractivity contribution in [2.75, 3.05) is 18.0 Å². The van der Waals surface area contributed by atoms with Gasteiger partial charge in [0.1, 0.15) is 11.9 Å². The lowest BCUT2D eigenvalue weighted by Gasteiger charge is -2.36. The van der Waals surface area contributed by atoms with Gasteiger partial charge in [-0.25, -0.2) is 4.39 Å². The number of hydrogen-bond acceptors (Lipinski definition) is 3. The van der Waals surface area contributed by atoms with Crippen LogP contribution >= 0.6 is 0 Å². The number of carbonyl (C=O) groups is 1. The first-order chi connectivity index (χ1) is 8.52. The average molecular weight is 252 g/mol. The molecule has 1 amide bonds. The Bertz CT molecular complexity index is 462. The molecule has 1 aliphatic heterocycles. The Kier molecular flexibility index (Phi) is 3.52. The van der Waals surface area contributed by atoms with E-state index in [1.54, 1.807) is 19.1 Å². The van der Waals surface area contributed by atoms with Crippen LogP contribution in [0.4, 0.5) is 10.1 Å². The highest BCUT2D eigenvalue weighted by Gasteiger charge is 2.28. The van der Waals surface area contributed by atoms with Gasteiger partial charge in [-0.3, -0.25) is 4.79 Å². The zero-order valence-electron chi connectivity index (χ0n) is 10.5. The van der Waals surface area contributed by atoms with Crippen LogP contribution in [0.5, 0.6) is 0 Å². The van der Waals surface area contributed by atoms with E-state index in [4.69, 9.17) is 0 Å². The van der Waals surface area contributed by atoms with Gasteiger partial charge in [0.25, 0.3) is 0 Å². The lowest BCUT2D eigenvalue weighted by Crippen LogP contribution is -2.54. The quantitative estimate of drug-likeness (QED) is 0.831. The molecule has 0 spiro atoms. The van der Waals surface area contributed by atoms with Gasteiger partial charge < -0.3 is 15.3 Å². The molecule has 2 N–H and O–H groups in total. The maximum absolute atomic E-state index is 13.8. The maximum atomic E-state index is 13.8. The first-order valence-electron chi connectivity index (χ1n) is 6.03. The molecule has 4 nitrogen and oxygen atoms in total. The Hall–Kier alpha value is -1.62. The summed E-state index contributed by atoms with van der Waals surface area (Å²) < 4.78 is 13.8. The van der Waals surface area contributed by atoms with Crippen molar-refractivity contribution in [3.63, 3.8) is 0 Å². The molecular formula is C13H17FN2O2. The Labute approximate surface area is 105 Å². The molecule has 0 aromatic heterocycles. The molecule has 1 aromatic carbocycles. The number of hydrogen-bond donors (Lipinski definition) is 2. The third kappa shape index (κ3) is 2.18. The van der Waals surface area contributed by atoms with Gasteiger partial charge in [0.05, 0.1) is 6.10 Å². The van der Waals surface area contributed by atoms with Crippen LogP contribution in [-0.4, -0.2) is 30.1 Å². The van der Waals surface area contributed by atoms with Gasteiger partial charge in [0, 0.05) is 24.3 Å². The fourth-order valence-electron chi connectivity index (χ4n) is 2.30. The van der Waals surface area contributed by atoms with Crippen LogP contribution in [0.25, 0.3) is 0 Å². The van der Waals surface area contributed by atoms with Crippen LogP contribution in [0.1, 0.15) is 25.5 Å². The summed E-state index contributed by atoms with van der Waals surface area (Å²) in [4.78, 5) is 13.5. The molecule has 2 rings (SSSR count). The second-order valence-electron chi connectivity index (χ2n) is 4.51. The zero-order chi connectivity index (χ0) is 13.3. The molecule has 2 atom stereocenters. The van der Waals surface area contributed by atoms with Crippen molar-refractivity contribution in [3.05, 3.63) is 29.6 Å². The molecule has 1 fully saturated rings. The molecule has 0 radical (unpaired) electrons. The summed E-state index contributed by atoms with van der Waals surface area (Å²) in [5.74, 6) is -0.525. The summed E-state index contributed by atoms with van der Waals surface area (Å²) in [6.45, 7) is 4.43. The standard InChI is InChI=1S/C13H17FN2O2/c1-8-13(18)15-6-7-16(8)11-5-3-4-10(14)12(11)9(2)17/h3-5,8-9,17H,6-7H2,1-2H3,(H,15,18)/t8?,9-/m0/s1. The Morgan fingerprint density at radius 1 is 1.56 bits per heavy atom. The monoisotopic (exact) mass is 252 g/mol. The maximum Gasteiger partial charge on any atom is 0.242 e. The first kappa shape index (κ1) is 12.8. The fraction of sp³-hybridized carbons (Fsp3) is 0.462. The third-order valence-electron chi connectivity index (χ3n) is 3.26. The Morgan fingerprint density at radius 2 is 2.28 bits per heavy atom. The predicted octanol–water partition coefficient (Wildman–Crippen LogP) is 1.20. The van der Waals surface area contributed by atoms with E-state index in [0.717, 1.165) is 0 Å². The largest absolute Gasteiger partial charge is 0.389 e. The summed E-state index contributed by atoms with van der Waals surface area (Å²) in [5, 5.41) is 12.5. The van der Waals surface area contributed by atoms with Crippen LogP contribution in [0.3, 0.4) is 0 Å². The van der Waals surface area contributed by atoms with Gasteiger partial charge in [0.2, 0.25) is 5.91 Å². The molecule has 1 heterocycles. The smallest absolute Gasteiger partial charge is 0.242 e. The minimum absolute atomic E-state index is 0.0814. The molecule has 1 aliphatic rings. The van der Waals surface area contributed by atoms with E-state index in [1.165, 1.54) is 13.0 Å². The Balaban J connectivity index is 2.44. The number of benzene rings is 1. The number of aliphatic hydroxyl groups excluding tert-OH is 1. The SMILES string of the molecule is CC1C(=O)NCCN1c1cccc(F)c1[C@H](C)O. The van der Waals surface area contributed by atoms with E-state index in [9.17, 15) is 14.3 Å². The zero-order valence-corrected chi connectivity index (χ0v) is 10.5. The molecule has 0 bridgehead atoms. The van der Waals surface area contributed by atoms with E-state index < -0.39 is 11.9 Å². The van der Waals surface area contributed by atoms with Gasteiger partial charge in [-0.15, -0.1) is 0 Å². The normalized spacial score (nSPS) is 21.7. The van der Waals surface area contributed by atoms with Gasteiger partial charge in [0.15, 0.2) is 0 Å². The molecule has 98 valence electrons. The van der Waals surface area contributed by atoms with Crippen molar-refractivity contribution in [1.82, 2.24) is 5.32 Å². The number of amides is 1. The molecular weight excluding hydrogens is 235 g/mol. The summed E-state index contributed by atoms with van der Waals surface area (Å²) in [7, 11) is 0. The highest BCUT2D eigenvalue weighted by atomic mass is 19.1. The minimum atomic E-state index is -0.904. The summed E-state index contributed by atoms with van der Waals surface area (Å²) in [5.41, 5.74) is 0.839. The average Bonchev–Trinajstić information content (AvgIpc) is 2.32. The lowest BCUT2D eigenvalue weighted by molar-refractivity contribution is -0.122. The van der Waals surface area contributed by atoms with Crippen molar-refractivity contribution in [3.8, 4) is 0 Å². The molecule has 1 saturated heterocycles. The number of nitrogens with one attached hydrogen (secondary N) is 1. The number of carbonyl (C=O) groups excluding carboxylic acids is 1. The molecule has 1 aromatic rings. The predicted molar refractivity (Wildman–Crippen MR) is 66.9 cm³/mol. The lowest BCUT2D eigenvalue weighted by atomic mass is 10.0. The van der Waals surface area contributed by atoms with E-state index in [0.29, 0.717) is 18.8 Å². The van der Waals surface area contributed by atoms with Gasteiger partial charge in [-0.2, -0.15) is 0 Å². The Morgan fingerprint density at radius 3 is 2.94 bits per heavy atom. The van der Waals surface area contributed by atoms with Gasteiger partial charge in [-0.1, -0.05) is 6.07 Å². The van der Waals surface area contributed by atoms with Crippen molar-refractivity contribution in [1.29, 1.82) is 0 Å². The second kappa shape index (κ2) is 4.94. The summed E-state index contributed by atoms with van der Waals surface area (Å²) in [6.07, 6.45) is -0.904. The first-order valence-corrected chi connectivity index (χ1v) is 6.03. The van der Waals surface area contributed by atoms with Crippen LogP contribution in [-0.2, 0) is 4.79 Å². The second-order valence-corrected chi connectivity index (χ2v) is 4.51. The van der Waals surface area contributed by atoms with E-state index in [1.807, 2.05) is 4.90 Å². The third-order valence-corrected chi connectivity index (χ3v) is 3.26. The molecule has 0 saturated carbocycles. The summed E-state index contributed by atoms with van der Waals surface area (Å²) >= 11 is 0. The van der Waals surface area contributed by atoms with Gasteiger partial charge >= 0.3 is 0 Å². The van der Waals surface area contributed by atoms with Crippen LogP contribution in [0.2, 0.25) is 0 Å². The highest BCUT2D eigenvalue weighted by Crippen LogP contribution is 2.30. The van der Waals surface area contributed by atoms with Crippen LogP contribution < -0.4 is 10.2 Å². The van der Waals surface area contributed by atoms with Crippen molar-refractivity contribution >= 4 is 11.6 Å². The molecule has 1 unspecified atom stereocenters. The van der Waals surface area contributed by atoms with Crippen molar-refractivity contribution in [2.45, 2.75) is 26.0 Å². The van der Waals surface area contributed by atoms with Crippen LogP contribution in [0.15, 0.2) is 18.2 Å². The number of nitrogens with zero attached hydrogens (tertiary/aromatic N) is 1. The van der Waals surface area contributed by atoms with E-state index in [-0.39, 0.29) is 17.5 Å². The van der Waals surface area contributed by atoms with E-state index in [2.05, 4.69) is 5.32 Å². The van der Waals surface area contributed by atoms with Crippen LogP contribution in [0, 0.1) is 5.82 Å². The fourth-order valence-corrected chi connectivity index (χ4v) is 2.30. The van der Waals surface area contributed by atoms with E-state index >= 15 is 0 Å². The number of halogens is 1. The number of aliphatic hydroxyl groups is 1.